The molecule has 0 fully saturated rings. The van der Waals surface area contributed by atoms with Crippen molar-refractivity contribution in [3.63, 3.8) is 0 Å². The first-order chi connectivity index (χ1) is 4.58. The first-order valence-electron chi connectivity index (χ1n) is 3.40. The summed E-state index contributed by atoms with van der Waals surface area (Å²) < 4.78 is 5.51. The number of nitrogens with one attached hydrogen (secondary N) is 1. The standard InChI is InChI=1S/C8H13NO/c1-8(2,3)10-7-4-5-9-6-7/h4-6,9H,1-3H3. The molecular formula is C8H13NO. The molecule has 0 amide bonds. The molecule has 0 saturated carbocycles. The number of ether oxygens (including phenoxy) is 1. The van der Waals surface area contributed by atoms with Crippen molar-refractivity contribution < 1.29 is 4.74 Å². The van der Waals surface area contributed by atoms with E-state index in [1.165, 1.54) is 0 Å². The Morgan fingerprint density at radius 2 is 2.10 bits per heavy atom. The van der Waals surface area contributed by atoms with Gasteiger partial charge in [0, 0.05) is 12.4 Å². The summed E-state index contributed by atoms with van der Waals surface area (Å²) in [6.45, 7) is 6.08. The molecule has 56 valence electrons. The maximum absolute atomic E-state index is 5.51. The molecule has 0 aromatic carbocycles. The fraction of sp³-hybridized carbons (Fsp3) is 0.500. The molecule has 0 spiro atoms. The molecule has 1 aromatic rings. The molecule has 10 heavy (non-hydrogen) atoms. The second-order valence-corrected chi connectivity index (χ2v) is 3.26. The number of H-pyrrole nitrogens is 1. The van der Waals surface area contributed by atoms with Crippen molar-refractivity contribution >= 4 is 0 Å². The molecule has 1 N–H and O–H groups in total. The molecule has 1 aromatic heterocycles. The van der Waals surface area contributed by atoms with Crippen molar-refractivity contribution in [1.82, 2.24) is 4.98 Å². The highest BCUT2D eigenvalue weighted by atomic mass is 16.5. The summed E-state index contributed by atoms with van der Waals surface area (Å²) in [7, 11) is 0. The Morgan fingerprint density at radius 1 is 1.40 bits per heavy atom. The summed E-state index contributed by atoms with van der Waals surface area (Å²) in [5, 5.41) is 0. The molecule has 2 heteroatoms. The van der Waals surface area contributed by atoms with Crippen LogP contribution in [0.3, 0.4) is 0 Å². The van der Waals surface area contributed by atoms with Crippen molar-refractivity contribution in [1.29, 1.82) is 0 Å². The number of rotatable bonds is 1. The van der Waals surface area contributed by atoms with Crippen LogP contribution in [-0.4, -0.2) is 10.6 Å². The van der Waals surface area contributed by atoms with Crippen LogP contribution in [0.25, 0.3) is 0 Å². The summed E-state index contributed by atoms with van der Waals surface area (Å²) >= 11 is 0. The van der Waals surface area contributed by atoms with E-state index in [0.29, 0.717) is 0 Å². The molecule has 0 atom stereocenters. The van der Waals surface area contributed by atoms with Gasteiger partial charge in [-0.2, -0.15) is 0 Å². The van der Waals surface area contributed by atoms with Crippen molar-refractivity contribution in [2.75, 3.05) is 0 Å². The zero-order chi connectivity index (χ0) is 7.61. The van der Waals surface area contributed by atoms with Gasteiger partial charge >= 0.3 is 0 Å². The molecule has 0 aliphatic rings. The van der Waals surface area contributed by atoms with Crippen LogP contribution >= 0.6 is 0 Å². The van der Waals surface area contributed by atoms with Gasteiger partial charge in [0.05, 0.1) is 0 Å². The van der Waals surface area contributed by atoms with Gasteiger partial charge in [-0.05, 0) is 26.8 Å². The van der Waals surface area contributed by atoms with Crippen molar-refractivity contribution in [3.05, 3.63) is 18.5 Å². The van der Waals surface area contributed by atoms with E-state index in [-0.39, 0.29) is 5.60 Å². The lowest BCUT2D eigenvalue weighted by atomic mass is 10.2. The maximum Gasteiger partial charge on any atom is 0.137 e. The van der Waals surface area contributed by atoms with Gasteiger partial charge in [-0.15, -0.1) is 0 Å². The lowest BCUT2D eigenvalue weighted by Gasteiger charge is -2.19. The van der Waals surface area contributed by atoms with Crippen LogP contribution in [0, 0.1) is 0 Å². The van der Waals surface area contributed by atoms with E-state index >= 15 is 0 Å². The van der Waals surface area contributed by atoms with Crippen LogP contribution < -0.4 is 4.74 Å². The molecule has 0 unspecified atom stereocenters. The lowest BCUT2D eigenvalue weighted by molar-refractivity contribution is 0.131. The molecule has 0 bridgehead atoms. The van der Waals surface area contributed by atoms with Gasteiger partial charge in [0.25, 0.3) is 0 Å². The largest absolute Gasteiger partial charge is 0.487 e. The molecule has 1 heterocycles. The van der Waals surface area contributed by atoms with Crippen LogP contribution in [0.4, 0.5) is 0 Å². The minimum atomic E-state index is -0.0950. The van der Waals surface area contributed by atoms with Gasteiger partial charge in [-0.3, -0.25) is 0 Å². The van der Waals surface area contributed by atoms with Gasteiger partial charge in [0.15, 0.2) is 0 Å². The monoisotopic (exact) mass is 139 g/mol. The van der Waals surface area contributed by atoms with Crippen molar-refractivity contribution in [2.24, 2.45) is 0 Å². The Labute approximate surface area is 61.2 Å². The third kappa shape index (κ3) is 2.13. The Balaban J connectivity index is 2.57. The SMILES string of the molecule is CC(C)(C)Oc1cc[nH]c1. The van der Waals surface area contributed by atoms with E-state index in [1.54, 1.807) is 0 Å². The van der Waals surface area contributed by atoms with Crippen LogP contribution in [0.1, 0.15) is 20.8 Å². The summed E-state index contributed by atoms with van der Waals surface area (Å²) in [6.07, 6.45) is 3.69. The molecular weight excluding hydrogens is 126 g/mol. The van der Waals surface area contributed by atoms with E-state index < -0.39 is 0 Å². The number of aromatic nitrogens is 1. The normalized spacial score (nSPS) is 11.5. The number of aromatic amines is 1. The zero-order valence-corrected chi connectivity index (χ0v) is 6.64. The first-order valence-corrected chi connectivity index (χ1v) is 3.40. The fourth-order valence-corrected chi connectivity index (χ4v) is 0.726. The summed E-state index contributed by atoms with van der Waals surface area (Å²) in [5.74, 6) is 0.896. The van der Waals surface area contributed by atoms with Gasteiger partial charge in [-0.25, -0.2) is 0 Å². The van der Waals surface area contributed by atoms with Gasteiger partial charge in [-0.1, -0.05) is 0 Å². The molecule has 1 rings (SSSR count). The van der Waals surface area contributed by atoms with E-state index in [9.17, 15) is 0 Å². The Bertz CT molecular complexity index is 184. The molecule has 0 aliphatic heterocycles. The quantitative estimate of drug-likeness (QED) is 0.633. The smallest absolute Gasteiger partial charge is 0.137 e. The van der Waals surface area contributed by atoms with E-state index in [4.69, 9.17) is 4.74 Å². The first kappa shape index (κ1) is 7.19. The highest BCUT2D eigenvalue weighted by Gasteiger charge is 2.10. The highest BCUT2D eigenvalue weighted by molar-refractivity contribution is 5.16. The van der Waals surface area contributed by atoms with E-state index in [2.05, 4.69) is 4.98 Å². The average Bonchev–Trinajstić information content (AvgIpc) is 2.12. The van der Waals surface area contributed by atoms with Gasteiger partial charge < -0.3 is 9.72 Å². The predicted octanol–water partition coefficient (Wildman–Crippen LogP) is 2.19. The lowest BCUT2D eigenvalue weighted by Crippen LogP contribution is -2.22. The fourth-order valence-electron chi connectivity index (χ4n) is 0.726. The van der Waals surface area contributed by atoms with Gasteiger partial charge in [0.2, 0.25) is 0 Å². The second kappa shape index (κ2) is 2.37. The van der Waals surface area contributed by atoms with Crippen LogP contribution in [-0.2, 0) is 0 Å². The predicted molar refractivity (Wildman–Crippen MR) is 41.2 cm³/mol. The molecule has 0 aliphatic carbocycles. The zero-order valence-electron chi connectivity index (χ0n) is 6.64. The van der Waals surface area contributed by atoms with E-state index in [1.807, 2.05) is 39.2 Å². The minimum absolute atomic E-state index is 0.0950. The van der Waals surface area contributed by atoms with Crippen LogP contribution in [0.5, 0.6) is 5.75 Å². The Morgan fingerprint density at radius 3 is 2.50 bits per heavy atom. The summed E-state index contributed by atoms with van der Waals surface area (Å²) in [6, 6.07) is 1.91. The Hall–Kier alpha value is -0.920. The number of hydrogen-bond acceptors (Lipinski definition) is 1. The number of hydrogen-bond donors (Lipinski definition) is 1. The van der Waals surface area contributed by atoms with Crippen molar-refractivity contribution in [2.45, 2.75) is 26.4 Å². The Kier molecular flexibility index (Phi) is 1.70. The summed E-state index contributed by atoms with van der Waals surface area (Å²) in [4.78, 5) is 2.93. The molecule has 2 nitrogen and oxygen atoms in total. The molecule has 0 saturated heterocycles. The third-order valence-electron chi connectivity index (χ3n) is 0.993. The third-order valence-corrected chi connectivity index (χ3v) is 0.993. The summed E-state index contributed by atoms with van der Waals surface area (Å²) in [5.41, 5.74) is -0.0950. The maximum atomic E-state index is 5.51. The second-order valence-electron chi connectivity index (χ2n) is 3.26. The van der Waals surface area contributed by atoms with Crippen LogP contribution in [0.15, 0.2) is 18.5 Å². The highest BCUT2D eigenvalue weighted by Crippen LogP contribution is 2.15. The topological polar surface area (TPSA) is 25.0 Å². The van der Waals surface area contributed by atoms with Crippen molar-refractivity contribution in [3.8, 4) is 5.75 Å². The van der Waals surface area contributed by atoms with Crippen LogP contribution in [0.2, 0.25) is 0 Å². The molecule has 0 radical (unpaired) electrons. The van der Waals surface area contributed by atoms with Gasteiger partial charge in [0.1, 0.15) is 11.4 Å². The average molecular weight is 139 g/mol. The minimum Gasteiger partial charge on any atom is -0.487 e. The van der Waals surface area contributed by atoms with E-state index in [0.717, 1.165) is 5.75 Å².